The predicted molar refractivity (Wildman–Crippen MR) is 144 cm³/mol. The summed E-state index contributed by atoms with van der Waals surface area (Å²) in [6, 6.07) is 10.5. The van der Waals surface area contributed by atoms with Gasteiger partial charge in [-0.05, 0) is 88.3 Å². The van der Waals surface area contributed by atoms with E-state index in [2.05, 4.69) is 37.2 Å². The lowest BCUT2D eigenvalue weighted by Crippen LogP contribution is -2.21. The summed E-state index contributed by atoms with van der Waals surface area (Å²) in [7, 11) is 7.25. The molecule has 0 spiro atoms. The second-order valence-corrected chi connectivity index (χ2v) is 8.94. The van der Waals surface area contributed by atoms with E-state index < -0.39 is 18.9 Å². The molecule has 2 atom stereocenters. The molecule has 3 N–H and O–H groups in total. The molecule has 0 aromatic heterocycles. The van der Waals surface area contributed by atoms with Gasteiger partial charge in [-0.15, -0.1) is 0 Å². The Morgan fingerprint density at radius 2 is 1.48 bits per heavy atom. The molecule has 2 aromatic carbocycles. The maximum Gasteiger partial charge on any atom is 0.335 e. The normalized spacial score (nSPS) is 12.1. The molecule has 2 rings (SSSR count). The number of nitrogens with one attached hydrogen (secondary N) is 1. The molecule has 33 heavy (non-hydrogen) atoms. The topological polar surface area (TPSA) is 89.9 Å². The predicted octanol–water partition coefficient (Wildman–Crippen LogP) is 5.92. The number of halogens is 2. The third-order valence-electron chi connectivity index (χ3n) is 3.96. The standard InChI is InChI=1S/C10H12BrNO.C8H7BrO2.C5H12O.C2H7N/c1-7-6-8(4-5-9(7)11)10(13)12(2)3;1-5-4-6(8(10)11)2-3-7(5)9;1-3-5(6)4-2;1-3-2/h4-6H,1-3H3;2-4H,1H3,(H,10,11);5-6H,3-4H2,1-2H3;3H,1-2H3/i;;1TD;. The van der Waals surface area contributed by atoms with Gasteiger partial charge in [-0.1, -0.05) is 45.7 Å². The molecule has 1 amide bonds. The van der Waals surface area contributed by atoms with Gasteiger partial charge in [0, 0.05) is 31.3 Å². The fourth-order valence-corrected chi connectivity index (χ4v) is 2.47. The van der Waals surface area contributed by atoms with Crippen LogP contribution in [-0.2, 0) is 0 Å². The molecular weight excluding hydrogens is 552 g/mol. The zero-order valence-electron chi connectivity index (χ0n) is 22.4. The van der Waals surface area contributed by atoms with Crippen molar-refractivity contribution in [2.24, 2.45) is 0 Å². The quantitative estimate of drug-likeness (QED) is 0.410. The highest BCUT2D eigenvalue weighted by Gasteiger charge is 2.08. The lowest BCUT2D eigenvalue weighted by Gasteiger charge is -2.10. The minimum absolute atomic E-state index is 0.0376. The van der Waals surface area contributed by atoms with E-state index >= 15 is 0 Å². The first-order chi connectivity index (χ1) is 16.2. The summed E-state index contributed by atoms with van der Waals surface area (Å²) in [5.74, 6) is -0.851. The van der Waals surface area contributed by atoms with Crippen LogP contribution in [0.5, 0.6) is 0 Å². The lowest BCUT2D eigenvalue weighted by atomic mass is 10.1. The van der Waals surface area contributed by atoms with Gasteiger partial charge in [-0.3, -0.25) is 4.79 Å². The first-order valence-electron chi connectivity index (χ1n) is 11.4. The number of carboxylic acid groups (broad SMARTS) is 1. The molecule has 186 valence electrons. The molecule has 0 saturated carbocycles. The number of aryl methyl sites for hydroxylation is 2. The molecule has 0 radical (unpaired) electrons. The summed E-state index contributed by atoms with van der Waals surface area (Å²) in [5.41, 5.74) is 3.06. The van der Waals surface area contributed by atoms with Gasteiger partial charge in [0.2, 0.25) is 0 Å². The van der Waals surface area contributed by atoms with Gasteiger partial charge < -0.3 is 20.4 Å². The molecule has 2 unspecified atom stereocenters. The number of rotatable bonds is 4. The smallest absolute Gasteiger partial charge is 0.335 e. The highest BCUT2D eigenvalue weighted by atomic mass is 79.9. The average Bonchev–Trinajstić information content (AvgIpc) is 2.77. The van der Waals surface area contributed by atoms with Crippen molar-refractivity contribution >= 4 is 43.7 Å². The number of hydrogen-bond acceptors (Lipinski definition) is 4. The molecule has 0 aliphatic carbocycles. The molecule has 0 bridgehead atoms. The Morgan fingerprint density at radius 1 is 1.06 bits per heavy atom. The molecule has 0 aliphatic rings. The minimum atomic E-state index is -0.888. The van der Waals surface area contributed by atoms with E-state index in [4.69, 9.17) is 13.0 Å². The summed E-state index contributed by atoms with van der Waals surface area (Å²) in [6.07, 6.45) is 0.472. The first kappa shape index (κ1) is 29.3. The van der Waals surface area contributed by atoms with E-state index in [1.807, 2.05) is 53.1 Å². The Kier molecular flexibility index (Phi) is 16.6. The Bertz CT molecular complexity index is 913. The van der Waals surface area contributed by atoms with Crippen molar-refractivity contribution in [2.75, 3.05) is 28.2 Å². The van der Waals surface area contributed by atoms with Crippen molar-refractivity contribution in [1.29, 1.82) is 0 Å². The van der Waals surface area contributed by atoms with Gasteiger partial charge in [-0.2, -0.15) is 0 Å². The van der Waals surface area contributed by atoms with E-state index in [0.29, 0.717) is 12.0 Å². The van der Waals surface area contributed by atoms with Crippen molar-refractivity contribution < 1.29 is 22.5 Å². The van der Waals surface area contributed by atoms with Crippen LogP contribution in [0.25, 0.3) is 0 Å². The third kappa shape index (κ3) is 14.9. The van der Waals surface area contributed by atoms with Crippen LogP contribution >= 0.6 is 31.9 Å². The Morgan fingerprint density at radius 3 is 1.79 bits per heavy atom. The highest BCUT2D eigenvalue weighted by Crippen LogP contribution is 2.18. The van der Waals surface area contributed by atoms with Crippen LogP contribution in [0.1, 0.15) is 61.2 Å². The molecule has 0 fully saturated rings. The van der Waals surface area contributed by atoms with Crippen LogP contribution in [0, 0.1) is 13.8 Å². The van der Waals surface area contributed by atoms with Gasteiger partial charge in [0.1, 0.15) is 0 Å². The van der Waals surface area contributed by atoms with E-state index in [-0.39, 0.29) is 12.3 Å². The summed E-state index contributed by atoms with van der Waals surface area (Å²) < 4.78 is 15.4. The fourth-order valence-electron chi connectivity index (χ4n) is 1.98. The Hall–Kier alpha value is -1.74. The minimum Gasteiger partial charge on any atom is -0.478 e. The van der Waals surface area contributed by atoms with Crippen LogP contribution in [0.15, 0.2) is 45.3 Å². The van der Waals surface area contributed by atoms with Crippen LogP contribution in [0.4, 0.5) is 0 Å². The SMILES string of the molecule is CNC.Cc1cc(C(=O)N(C)C)ccc1Br.Cc1cc(C(=O)O)ccc1Br.[2H]C([3H])CC(O)CC. The van der Waals surface area contributed by atoms with E-state index in [0.717, 1.165) is 25.6 Å². The zero-order valence-corrected chi connectivity index (χ0v) is 23.6. The number of aliphatic hydroxyl groups excluding tert-OH is 1. The van der Waals surface area contributed by atoms with Crippen LogP contribution in [0.2, 0.25) is 0 Å². The molecule has 6 nitrogen and oxygen atoms in total. The van der Waals surface area contributed by atoms with Crippen molar-refractivity contribution in [3.05, 3.63) is 67.6 Å². The maximum atomic E-state index is 11.5. The monoisotopic (exact) mass is 591 g/mol. The third-order valence-corrected chi connectivity index (χ3v) is 5.74. The van der Waals surface area contributed by atoms with Gasteiger partial charge in [0.25, 0.3) is 5.91 Å². The number of amides is 1. The Labute approximate surface area is 218 Å². The van der Waals surface area contributed by atoms with Crippen molar-refractivity contribution in [3.63, 3.8) is 0 Å². The van der Waals surface area contributed by atoms with E-state index in [9.17, 15) is 9.59 Å². The summed E-state index contributed by atoms with van der Waals surface area (Å²) in [5, 5.41) is 20.1. The van der Waals surface area contributed by atoms with Gasteiger partial charge in [-0.25, -0.2) is 4.79 Å². The lowest BCUT2D eigenvalue weighted by molar-refractivity contribution is 0.0696. The number of nitrogens with zero attached hydrogens (tertiary/aromatic N) is 1. The Balaban J connectivity index is 0. The van der Waals surface area contributed by atoms with Gasteiger partial charge in [0.05, 0.1) is 11.7 Å². The molecule has 0 saturated heterocycles. The summed E-state index contributed by atoms with van der Waals surface area (Å²) in [4.78, 5) is 23.5. The van der Waals surface area contributed by atoms with E-state index in [1.165, 1.54) is 0 Å². The second-order valence-electron chi connectivity index (χ2n) is 7.23. The van der Waals surface area contributed by atoms with Crippen LogP contribution in [-0.4, -0.2) is 61.3 Å². The number of carbonyl (C=O) groups is 2. The van der Waals surface area contributed by atoms with Crippen molar-refractivity contribution in [2.45, 2.75) is 46.6 Å². The van der Waals surface area contributed by atoms with Crippen LogP contribution in [0.3, 0.4) is 0 Å². The highest BCUT2D eigenvalue weighted by molar-refractivity contribution is 9.10. The first-order valence-corrected chi connectivity index (χ1v) is 11.9. The molecule has 0 heterocycles. The number of carboxylic acids is 1. The molecule has 2 aromatic rings. The molecule has 0 aliphatic heterocycles. The van der Waals surface area contributed by atoms with Crippen molar-refractivity contribution in [1.82, 2.24) is 10.2 Å². The van der Waals surface area contributed by atoms with Crippen LogP contribution < -0.4 is 5.32 Å². The molecule has 8 heteroatoms. The number of aromatic carboxylic acids is 1. The van der Waals surface area contributed by atoms with E-state index in [1.54, 1.807) is 37.2 Å². The summed E-state index contributed by atoms with van der Waals surface area (Å²) >= 11 is 6.68. The maximum absolute atomic E-state index is 11.5. The zero-order chi connectivity index (χ0) is 27.7. The largest absolute Gasteiger partial charge is 0.478 e. The fraction of sp³-hybridized carbons (Fsp3) is 0.440. The average molecular weight is 593 g/mol. The molecular formula is C25H38Br2N2O4. The number of benzene rings is 2. The van der Waals surface area contributed by atoms with Crippen molar-refractivity contribution in [3.8, 4) is 0 Å². The number of aliphatic hydroxyl groups is 1. The van der Waals surface area contributed by atoms with Gasteiger partial charge in [0.15, 0.2) is 0 Å². The number of carbonyl (C=O) groups excluding carboxylic acids is 1. The van der Waals surface area contributed by atoms with Gasteiger partial charge >= 0.3 is 5.97 Å². The summed E-state index contributed by atoms with van der Waals surface area (Å²) in [6.45, 7) is 4.80. The number of hydrogen-bond donors (Lipinski definition) is 3. The second kappa shape index (κ2) is 18.7.